The number of benzene rings is 1. The number of pyridine rings is 1. The normalized spacial score (nSPS) is 17.4. The van der Waals surface area contributed by atoms with Crippen molar-refractivity contribution in [1.82, 2.24) is 14.6 Å². The number of carbonyl (C=O) groups is 3. The van der Waals surface area contributed by atoms with Crippen molar-refractivity contribution in [2.75, 3.05) is 19.6 Å². The van der Waals surface area contributed by atoms with Crippen molar-refractivity contribution in [3.05, 3.63) is 76.6 Å². The van der Waals surface area contributed by atoms with Crippen LogP contribution in [0.15, 0.2) is 48.7 Å². The molecule has 7 nitrogen and oxygen atoms in total. The molecule has 1 atom stereocenters. The second kappa shape index (κ2) is 11.5. The molecule has 2 aliphatic rings. The Hall–Kier alpha value is -3.45. The van der Waals surface area contributed by atoms with Gasteiger partial charge >= 0.3 is 0 Å². The van der Waals surface area contributed by atoms with Gasteiger partial charge in [-0.2, -0.15) is 0 Å². The van der Waals surface area contributed by atoms with Crippen LogP contribution in [0.1, 0.15) is 83.0 Å². The monoisotopic (exact) mass is 514 g/mol. The highest BCUT2D eigenvalue weighted by Crippen LogP contribution is 2.29. The van der Waals surface area contributed by atoms with Crippen LogP contribution in [0.4, 0.5) is 0 Å². The standard InChI is InChI=1S/C31H38N4O3/c1-2-22-19-26-20-25(31(38)34-16-14-28(36)33-15-18-34)13-17-35(26)29(22)30(37)24-10-7-21(8-11-24)9-12-27(32)23-5-3-4-6-23/h7-8,10-11,13,17,19-20,23,27H,2-6,9,12,14-16,18,32H2,1H3,(H,33,36). The van der Waals surface area contributed by atoms with Crippen LogP contribution in [0.2, 0.25) is 0 Å². The molecule has 1 saturated carbocycles. The van der Waals surface area contributed by atoms with Crippen LogP contribution < -0.4 is 11.1 Å². The van der Waals surface area contributed by atoms with Crippen LogP contribution in [-0.2, 0) is 17.6 Å². The summed E-state index contributed by atoms with van der Waals surface area (Å²) in [5.41, 5.74) is 11.3. The zero-order valence-corrected chi connectivity index (χ0v) is 22.2. The van der Waals surface area contributed by atoms with E-state index in [0.717, 1.165) is 23.9 Å². The largest absolute Gasteiger partial charge is 0.354 e. The average Bonchev–Trinajstić information content (AvgIpc) is 3.55. The summed E-state index contributed by atoms with van der Waals surface area (Å²) in [6, 6.07) is 13.8. The molecule has 2 aromatic heterocycles. The maximum absolute atomic E-state index is 13.6. The van der Waals surface area contributed by atoms with Crippen molar-refractivity contribution in [1.29, 1.82) is 0 Å². The molecule has 5 rings (SSSR count). The maximum atomic E-state index is 13.6. The summed E-state index contributed by atoms with van der Waals surface area (Å²) < 4.78 is 1.89. The van der Waals surface area contributed by atoms with E-state index in [-0.39, 0.29) is 23.6 Å². The number of hydrogen-bond acceptors (Lipinski definition) is 4. The van der Waals surface area contributed by atoms with Gasteiger partial charge in [0, 0.05) is 54.9 Å². The van der Waals surface area contributed by atoms with Gasteiger partial charge in [0.1, 0.15) is 0 Å². The summed E-state index contributed by atoms with van der Waals surface area (Å²) in [7, 11) is 0. The first-order valence-corrected chi connectivity index (χ1v) is 14.0. The molecule has 1 aromatic carbocycles. The zero-order valence-electron chi connectivity index (χ0n) is 22.2. The fourth-order valence-electron chi connectivity index (χ4n) is 5.96. The number of rotatable bonds is 8. The van der Waals surface area contributed by atoms with Gasteiger partial charge < -0.3 is 20.4 Å². The number of carbonyl (C=O) groups excluding carboxylic acids is 3. The number of aryl methyl sites for hydroxylation is 2. The van der Waals surface area contributed by atoms with Gasteiger partial charge in [-0.3, -0.25) is 14.4 Å². The molecule has 0 spiro atoms. The number of nitrogens with one attached hydrogen (secondary N) is 1. The molecule has 0 bridgehead atoms. The Morgan fingerprint density at radius 1 is 1.05 bits per heavy atom. The van der Waals surface area contributed by atoms with Crippen molar-refractivity contribution in [3.63, 3.8) is 0 Å². The van der Waals surface area contributed by atoms with Crippen LogP contribution in [0.5, 0.6) is 0 Å². The average molecular weight is 515 g/mol. The Morgan fingerprint density at radius 3 is 2.55 bits per heavy atom. The molecular weight excluding hydrogens is 476 g/mol. The van der Waals surface area contributed by atoms with E-state index in [1.54, 1.807) is 11.0 Å². The molecule has 3 heterocycles. The van der Waals surface area contributed by atoms with Crippen LogP contribution in [0, 0.1) is 5.92 Å². The van der Waals surface area contributed by atoms with E-state index in [1.807, 2.05) is 53.9 Å². The Bertz CT molecular complexity index is 1320. The van der Waals surface area contributed by atoms with Crippen molar-refractivity contribution >= 4 is 23.1 Å². The van der Waals surface area contributed by atoms with Crippen LogP contribution in [0.3, 0.4) is 0 Å². The van der Waals surface area contributed by atoms with Gasteiger partial charge in [0.15, 0.2) is 0 Å². The van der Waals surface area contributed by atoms with Gasteiger partial charge in [-0.15, -0.1) is 0 Å². The van der Waals surface area contributed by atoms with Gasteiger partial charge in [-0.1, -0.05) is 44.0 Å². The number of amides is 2. The van der Waals surface area contributed by atoms with Crippen molar-refractivity contribution < 1.29 is 14.4 Å². The lowest BCUT2D eigenvalue weighted by Gasteiger charge is -2.19. The highest BCUT2D eigenvalue weighted by molar-refractivity contribution is 6.10. The molecule has 2 amide bonds. The van der Waals surface area contributed by atoms with Gasteiger partial charge in [0.05, 0.1) is 5.69 Å². The molecule has 7 heteroatoms. The van der Waals surface area contributed by atoms with E-state index in [1.165, 1.54) is 31.2 Å². The smallest absolute Gasteiger partial charge is 0.254 e. The number of fused-ring (bicyclic) bond motifs is 1. The maximum Gasteiger partial charge on any atom is 0.254 e. The quantitative estimate of drug-likeness (QED) is 0.442. The predicted octanol–water partition coefficient (Wildman–Crippen LogP) is 4.14. The van der Waals surface area contributed by atoms with E-state index in [2.05, 4.69) is 5.32 Å². The lowest BCUT2D eigenvalue weighted by atomic mass is 9.93. The highest BCUT2D eigenvalue weighted by Gasteiger charge is 2.24. The van der Waals surface area contributed by atoms with Crippen LogP contribution in [-0.4, -0.2) is 52.6 Å². The fourth-order valence-corrected chi connectivity index (χ4v) is 5.96. The van der Waals surface area contributed by atoms with E-state index < -0.39 is 0 Å². The van der Waals surface area contributed by atoms with Gasteiger partial charge in [0.25, 0.3) is 5.91 Å². The third-order valence-corrected chi connectivity index (χ3v) is 8.28. The molecule has 3 aromatic rings. The Morgan fingerprint density at radius 2 is 1.82 bits per heavy atom. The number of aromatic nitrogens is 1. The SMILES string of the molecule is CCc1cc2cc(C(=O)N3CCNC(=O)CC3)ccn2c1C(=O)c1ccc(CCC(N)C2CCCC2)cc1. The van der Waals surface area contributed by atoms with E-state index >= 15 is 0 Å². The topological polar surface area (TPSA) is 96.9 Å². The van der Waals surface area contributed by atoms with Crippen molar-refractivity contribution in [2.24, 2.45) is 11.7 Å². The summed E-state index contributed by atoms with van der Waals surface area (Å²) in [5, 5.41) is 2.80. The molecule has 200 valence electrons. The summed E-state index contributed by atoms with van der Waals surface area (Å²) in [4.78, 5) is 40.1. The third kappa shape index (κ3) is 5.53. The Kier molecular flexibility index (Phi) is 7.93. The molecule has 1 aliphatic carbocycles. The summed E-state index contributed by atoms with van der Waals surface area (Å²) >= 11 is 0. The first-order chi connectivity index (χ1) is 18.4. The first-order valence-electron chi connectivity index (χ1n) is 14.0. The summed E-state index contributed by atoms with van der Waals surface area (Å²) in [5.74, 6) is 0.512. The highest BCUT2D eigenvalue weighted by atomic mass is 16.2. The second-order valence-electron chi connectivity index (χ2n) is 10.7. The van der Waals surface area contributed by atoms with Crippen molar-refractivity contribution in [3.8, 4) is 0 Å². The summed E-state index contributed by atoms with van der Waals surface area (Å²) in [6.45, 7) is 3.39. The van der Waals surface area contributed by atoms with Gasteiger partial charge in [-0.05, 0) is 67.3 Å². The molecule has 1 unspecified atom stereocenters. The number of hydrogen-bond donors (Lipinski definition) is 2. The molecule has 2 fully saturated rings. The summed E-state index contributed by atoms with van der Waals surface area (Å²) in [6.07, 6.45) is 9.86. The molecular formula is C31H38N4O3. The van der Waals surface area contributed by atoms with E-state index in [0.29, 0.717) is 55.2 Å². The third-order valence-electron chi connectivity index (χ3n) is 8.28. The zero-order chi connectivity index (χ0) is 26.6. The van der Waals surface area contributed by atoms with Crippen LogP contribution >= 0.6 is 0 Å². The minimum atomic E-state index is -0.0978. The molecule has 0 radical (unpaired) electrons. The second-order valence-corrected chi connectivity index (χ2v) is 10.7. The fraction of sp³-hybridized carbons (Fsp3) is 0.452. The lowest BCUT2D eigenvalue weighted by molar-refractivity contribution is -0.120. The van der Waals surface area contributed by atoms with Gasteiger partial charge in [-0.25, -0.2) is 0 Å². The molecule has 3 N–H and O–H groups in total. The Labute approximate surface area is 224 Å². The number of ketones is 1. The molecule has 38 heavy (non-hydrogen) atoms. The predicted molar refractivity (Wildman–Crippen MR) is 148 cm³/mol. The van der Waals surface area contributed by atoms with Crippen LogP contribution in [0.25, 0.3) is 5.52 Å². The first kappa shape index (κ1) is 26.2. The van der Waals surface area contributed by atoms with Gasteiger partial charge in [0.2, 0.25) is 11.7 Å². The molecule has 1 aliphatic heterocycles. The van der Waals surface area contributed by atoms with E-state index in [4.69, 9.17) is 5.73 Å². The number of nitrogens with two attached hydrogens (primary N) is 1. The minimum Gasteiger partial charge on any atom is -0.354 e. The Balaban J connectivity index is 1.32. The minimum absolute atomic E-state index is 0.0211. The number of nitrogens with zero attached hydrogens (tertiary/aromatic N) is 2. The molecule has 1 saturated heterocycles. The van der Waals surface area contributed by atoms with Crippen molar-refractivity contribution in [2.45, 2.75) is 64.3 Å². The van der Waals surface area contributed by atoms with E-state index in [9.17, 15) is 14.4 Å². The lowest BCUT2D eigenvalue weighted by Crippen LogP contribution is -2.34.